The molecular weight excluding hydrogens is 460 g/mol. The third-order valence-corrected chi connectivity index (χ3v) is 6.11. The maximum absolute atomic E-state index is 12.1. The average molecular weight is 499 g/mol. The lowest BCUT2D eigenvalue weighted by molar-refractivity contribution is -0.121. The molecular formula is C27H38N4O3S. The first-order valence-electron chi connectivity index (χ1n) is 12.5. The van der Waals surface area contributed by atoms with Crippen molar-refractivity contribution >= 4 is 28.9 Å². The minimum atomic E-state index is 0.0435. The molecule has 0 saturated carbocycles. The summed E-state index contributed by atoms with van der Waals surface area (Å²) in [5.41, 5.74) is 2.15. The summed E-state index contributed by atoms with van der Waals surface area (Å²) in [5.74, 6) is 1.71. The fourth-order valence-corrected chi connectivity index (χ4v) is 4.23. The molecule has 0 atom stereocenters. The van der Waals surface area contributed by atoms with Gasteiger partial charge in [0.15, 0.2) is 5.11 Å². The first-order valence-corrected chi connectivity index (χ1v) is 12.9. The second kappa shape index (κ2) is 15.2. The fraction of sp³-hybridized carbons (Fsp3) is 0.481. The molecule has 1 amide bonds. The van der Waals surface area contributed by atoms with E-state index in [0.717, 1.165) is 30.2 Å². The van der Waals surface area contributed by atoms with Gasteiger partial charge in [-0.3, -0.25) is 9.69 Å². The van der Waals surface area contributed by atoms with Gasteiger partial charge in [-0.05, 0) is 80.8 Å². The van der Waals surface area contributed by atoms with Crippen molar-refractivity contribution in [2.24, 2.45) is 0 Å². The predicted octanol–water partition coefficient (Wildman–Crippen LogP) is 4.33. The molecule has 1 heterocycles. The summed E-state index contributed by atoms with van der Waals surface area (Å²) in [6.07, 6.45) is 5.87. The molecule has 0 unspecified atom stereocenters. The van der Waals surface area contributed by atoms with Gasteiger partial charge in [0.2, 0.25) is 5.91 Å². The Hall–Kier alpha value is -2.84. The van der Waals surface area contributed by atoms with Crippen LogP contribution >= 0.6 is 12.2 Å². The molecule has 1 aliphatic heterocycles. The quantitative estimate of drug-likeness (QED) is 0.280. The van der Waals surface area contributed by atoms with Gasteiger partial charge in [-0.2, -0.15) is 0 Å². The van der Waals surface area contributed by atoms with E-state index in [0.29, 0.717) is 37.7 Å². The number of nitrogens with one attached hydrogen (secondary N) is 3. The van der Waals surface area contributed by atoms with Gasteiger partial charge in [-0.25, -0.2) is 0 Å². The number of ether oxygens (including phenoxy) is 2. The summed E-state index contributed by atoms with van der Waals surface area (Å²) in [6.45, 7) is 5.18. The Morgan fingerprint density at radius 1 is 0.971 bits per heavy atom. The molecule has 1 fully saturated rings. The number of methoxy groups -OCH3 is 1. The summed E-state index contributed by atoms with van der Waals surface area (Å²) in [7, 11) is 1.63. The van der Waals surface area contributed by atoms with E-state index in [1.165, 1.54) is 37.9 Å². The van der Waals surface area contributed by atoms with Crippen LogP contribution in [0.3, 0.4) is 0 Å². The molecule has 190 valence electrons. The third kappa shape index (κ3) is 10.5. The van der Waals surface area contributed by atoms with Crippen LogP contribution in [0.15, 0.2) is 48.5 Å². The van der Waals surface area contributed by atoms with Crippen LogP contribution in [0, 0.1) is 0 Å². The second-order valence-corrected chi connectivity index (χ2v) is 9.16. The van der Waals surface area contributed by atoms with Crippen LogP contribution < -0.4 is 25.4 Å². The zero-order valence-corrected chi connectivity index (χ0v) is 21.5. The maximum atomic E-state index is 12.1. The standard InChI is InChI=1S/C27H38N4O3S/c1-33-24-11-6-10-23(20-24)30-27(35)29-14-7-13-26(32)28-15-8-18-34-25-12-5-9-22(19-25)21-31-16-3-2-4-17-31/h5-6,9-12,19-20H,2-4,7-8,13-18,21H2,1H3,(H,28,32)(H2,29,30,35). The number of nitrogens with zero attached hydrogens (tertiary/aromatic N) is 1. The van der Waals surface area contributed by atoms with Crippen LogP contribution in [-0.2, 0) is 11.3 Å². The lowest BCUT2D eigenvalue weighted by Crippen LogP contribution is -2.31. The van der Waals surface area contributed by atoms with Crippen LogP contribution in [0.2, 0.25) is 0 Å². The van der Waals surface area contributed by atoms with Crippen molar-refractivity contribution in [3.8, 4) is 11.5 Å². The van der Waals surface area contributed by atoms with E-state index < -0.39 is 0 Å². The second-order valence-electron chi connectivity index (χ2n) is 8.75. The van der Waals surface area contributed by atoms with Gasteiger partial charge in [-0.15, -0.1) is 0 Å². The zero-order valence-electron chi connectivity index (χ0n) is 20.7. The highest BCUT2D eigenvalue weighted by molar-refractivity contribution is 7.80. The Morgan fingerprint density at radius 2 is 1.74 bits per heavy atom. The Balaban J connectivity index is 1.21. The number of amides is 1. The van der Waals surface area contributed by atoms with Crippen molar-refractivity contribution in [2.75, 3.05) is 45.2 Å². The number of rotatable bonds is 13. The number of likely N-dealkylation sites (tertiary alicyclic amines) is 1. The van der Waals surface area contributed by atoms with Gasteiger partial charge in [0.1, 0.15) is 11.5 Å². The van der Waals surface area contributed by atoms with Gasteiger partial charge < -0.3 is 25.4 Å². The number of hydrogen-bond donors (Lipinski definition) is 3. The van der Waals surface area contributed by atoms with E-state index in [1.54, 1.807) is 7.11 Å². The summed E-state index contributed by atoms with van der Waals surface area (Å²) in [4.78, 5) is 14.6. The van der Waals surface area contributed by atoms with E-state index in [2.05, 4.69) is 39.0 Å². The molecule has 0 aromatic heterocycles. The Bertz CT molecular complexity index is 934. The van der Waals surface area contributed by atoms with E-state index >= 15 is 0 Å². The molecule has 8 heteroatoms. The normalized spacial score (nSPS) is 13.6. The van der Waals surface area contributed by atoms with E-state index in [1.807, 2.05) is 30.3 Å². The maximum Gasteiger partial charge on any atom is 0.220 e. The first-order chi connectivity index (χ1) is 17.1. The van der Waals surface area contributed by atoms with Gasteiger partial charge in [0.05, 0.1) is 13.7 Å². The van der Waals surface area contributed by atoms with Crippen molar-refractivity contribution in [2.45, 2.75) is 45.1 Å². The molecule has 1 aliphatic rings. The SMILES string of the molecule is COc1cccc(NC(=S)NCCCC(=O)NCCCOc2cccc(CN3CCCCC3)c2)c1. The number of anilines is 1. The smallest absolute Gasteiger partial charge is 0.220 e. The van der Waals surface area contributed by atoms with Crippen LogP contribution in [0.25, 0.3) is 0 Å². The number of carbonyl (C=O) groups is 1. The molecule has 0 bridgehead atoms. The summed E-state index contributed by atoms with van der Waals surface area (Å²) in [6, 6.07) is 15.9. The number of thiocarbonyl (C=S) groups is 1. The summed E-state index contributed by atoms with van der Waals surface area (Å²) < 4.78 is 11.1. The average Bonchev–Trinajstić information content (AvgIpc) is 2.87. The van der Waals surface area contributed by atoms with Gasteiger partial charge in [0, 0.05) is 37.8 Å². The van der Waals surface area contributed by atoms with E-state index in [4.69, 9.17) is 21.7 Å². The van der Waals surface area contributed by atoms with Crippen LogP contribution in [0.1, 0.15) is 44.1 Å². The largest absolute Gasteiger partial charge is 0.497 e. The summed E-state index contributed by atoms with van der Waals surface area (Å²) >= 11 is 5.30. The molecule has 3 rings (SSSR count). The number of hydrogen-bond acceptors (Lipinski definition) is 5. The van der Waals surface area contributed by atoms with Crippen molar-refractivity contribution in [3.63, 3.8) is 0 Å². The van der Waals surface area contributed by atoms with Crippen LogP contribution in [0.5, 0.6) is 11.5 Å². The topological polar surface area (TPSA) is 74.9 Å². The molecule has 7 nitrogen and oxygen atoms in total. The molecule has 2 aromatic carbocycles. The first kappa shape index (κ1) is 26.8. The molecule has 35 heavy (non-hydrogen) atoms. The Morgan fingerprint density at radius 3 is 2.57 bits per heavy atom. The highest BCUT2D eigenvalue weighted by Crippen LogP contribution is 2.18. The van der Waals surface area contributed by atoms with E-state index in [-0.39, 0.29) is 5.91 Å². The van der Waals surface area contributed by atoms with Gasteiger partial charge in [0.25, 0.3) is 0 Å². The van der Waals surface area contributed by atoms with Crippen molar-refractivity contribution < 1.29 is 14.3 Å². The molecule has 2 aromatic rings. The minimum Gasteiger partial charge on any atom is -0.497 e. The Labute approximate surface area is 214 Å². The van der Waals surface area contributed by atoms with Crippen LogP contribution in [-0.4, -0.2) is 55.8 Å². The highest BCUT2D eigenvalue weighted by Gasteiger charge is 2.10. The fourth-order valence-electron chi connectivity index (χ4n) is 4.01. The Kier molecular flexibility index (Phi) is 11.6. The number of carbonyl (C=O) groups excluding carboxylic acids is 1. The molecule has 3 N–H and O–H groups in total. The highest BCUT2D eigenvalue weighted by atomic mass is 32.1. The van der Waals surface area contributed by atoms with Gasteiger partial charge >= 0.3 is 0 Å². The molecule has 0 aliphatic carbocycles. The lowest BCUT2D eigenvalue weighted by Gasteiger charge is -2.26. The molecule has 1 saturated heterocycles. The lowest BCUT2D eigenvalue weighted by atomic mass is 10.1. The zero-order chi connectivity index (χ0) is 24.7. The monoisotopic (exact) mass is 498 g/mol. The number of piperidine rings is 1. The van der Waals surface area contributed by atoms with Crippen molar-refractivity contribution in [3.05, 3.63) is 54.1 Å². The third-order valence-electron chi connectivity index (χ3n) is 5.86. The van der Waals surface area contributed by atoms with Crippen LogP contribution in [0.4, 0.5) is 5.69 Å². The minimum absolute atomic E-state index is 0.0435. The number of benzene rings is 2. The summed E-state index contributed by atoms with van der Waals surface area (Å²) in [5, 5.41) is 9.72. The van der Waals surface area contributed by atoms with Crippen molar-refractivity contribution in [1.82, 2.24) is 15.5 Å². The van der Waals surface area contributed by atoms with Gasteiger partial charge in [-0.1, -0.05) is 24.6 Å². The van der Waals surface area contributed by atoms with E-state index in [9.17, 15) is 4.79 Å². The molecule has 0 radical (unpaired) electrons. The molecule has 0 spiro atoms. The predicted molar refractivity (Wildman–Crippen MR) is 145 cm³/mol. The van der Waals surface area contributed by atoms with Crippen molar-refractivity contribution in [1.29, 1.82) is 0 Å².